The number of Topliss-reactive ketones (excluding diaryl/α,β-unsaturated/α-hetero) is 1. The van der Waals surface area contributed by atoms with Crippen molar-refractivity contribution in [3.8, 4) is 0 Å². The Morgan fingerprint density at radius 2 is 1.60 bits per heavy atom. The molecule has 0 unspecified atom stereocenters. The maximum absolute atomic E-state index is 12.8. The van der Waals surface area contributed by atoms with Gasteiger partial charge in [0.2, 0.25) is 5.91 Å². The number of ketones is 1. The minimum atomic E-state index is -0.382. The summed E-state index contributed by atoms with van der Waals surface area (Å²) in [6.45, 7) is 1.87. The largest absolute Gasteiger partial charge is 0.354 e. The molecule has 1 aromatic rings. The molecule has 2 N–H and O–H groups in total. The maximum atomic E-state index is 12.8. The Labute approximate surface area is 175 Å². The Hall–Kier alpha value is -3.03. The van der Waals surface area contributed by atoms with Gasteiger partial charge >= 0.3 is 0 Å². The zero-order chi connectivity index (χ0) is 21.7. The fourth-order valence-electron chi connectivity index (χ4n) is 3.93. The molecular formula is C22H27N3O5. The number of nitrogens with zero attached hydrogens (tertiary/aromatic N) is 1. The third-order valence-electron chi connectivity index (χ3n) is 5.56. The van der Waals surface area contributed by atoms with Crippen molar-refractivity contribution in [1.29, 1.82) is 0 Å². The topological polar surface area (TPSA) is 113 Å². The molecule has 0 aromatic heterocycles. The lowest BCUT2D eigenvalue weighted by atomic mass is 9.94. The summed E-state index contributed by atoms with van der Waals surface area (Å²) >= 11 is 0. The van der Waals surface area contributed by atoms with Gasteiger partial charge in [-0.2, -0.15) is 0 Å². The summed E-state index contributed by atoms with van der Waals surface area (Å²) in [5.41, 5.74) is 0.916. The predicted molar refractivity (Wildman–Crippen MR) is 109 cm³/mol. The zero-order valence-electron chi connectivity index (χ0n) is 17.2. The molecule has 0 bridgehead atoms. The van der Waals surface area contributed by atoms with Crippen LogP contribution < -0.4 is 10.6 Å². The molecule has 30 heavy (non-hydrogen) atoms. The SMILES string of the molecule is CC(=O)CCC(=O)NCCNC(=O)c1ccc2c(c1)C(=O)N(C1CCCCC1)C2=O. The van der Waals surface area contributed by atoms with E-state index in [1.807, 2.05) is 0 Å². The third kappa shape index (κ3) is 4.93. The molecule has 1 aliphatic heterocycles. The van der Waals surface area contributed by atoms with Gasteiger partial charge in [-0.3, -0.25) is 24.1 Å². The number of fused-ring (bicyclic) bond motifs is 1. The first kappa shape index (κ1) is 21.7. The van der Waals surface area contributed by atoms with E-state index in [0.29, 0.717) is 11.1 Å². The van der Waals surface area contributed by atoms with Gasteiger partial charge in [0.25, 0.3) is 17.7 Å². The number of hydrogen-bond acceptors (Lipinski definition) is 5. The maximum Gasteiger partial charge on any atom is 0.261 e. The van der Waals surface area contributed by atoms with Crippen molar-refractivity contribution in [2.75, 3.05) is 13.1 Å². The summed E-state index contributed by atoms with van der Waals surface area (Å²) in [7, 11) is 0. The van der Waals surface area contributed by atoms with E-state index < -0.39 is 0 Å². The Balaban J connectivity index is 1.55. The van der Waals surface area contributed by atoms with Gasteiger partial charge < -0.3 is 15.4 Å². The van der Waals surface area contributed by atoms with Crippen molar-refractivity contribution >= 4 is 29.4 Å². The smallest absolute Gasteiger partial charge is 0.261 e. The summed E-state index contributed by atoms with van der Waals surface area (Å²) in [6.07, 6.45) is 5.13. The number of rotatable bonds is 8. The summed E-state index contributed by atoms with van der Waals surface area (Å²) in [4.78, 5) is 61.7. The minimum Gasteiger partial charge on any atom is -0.354 e. The van der Waals surface area contributed by atoms with E-state index in [1.54, 1.807) is 0 Å². The van der Waals surface area contributed by atoms with E-state index in [2.05, 4.69) is 10.6 Å². The van der Waals surface area contributed by atoms with Gasteiger partial charge in [0.05, 0.1) is 11.1 Å². The zero-order valence-corrected chi connectivity index (χ0v) is 17.2. The molecule has 8 heteroatoms. The molecule has 3 rings (SSSR count). The lowest BCUT2D eigenvalue weighted by molar-refractivity contribution is -0.124. The second kappa shape index (κ2) is 9.65. The number of hydrogen-bond donors (Lipinski definition) is 2. The molecule has 1 fully saturated rings. The van der Waals surface area contributed by atoms with Gasteiger partial charge in [-0.15, -0.1) is 0 Å². The lowest BCUT2D eigenvalue weighted by Gasteiger charge is -2.29. The minimum absolute atomic E-state index is 0.0508. The Kier molecular flexibility index (Phi) is 6.97. The van der Waals surface area contributed by atoms with Crippen molar-refractivity contribution in [1.82, 2.24) is 15.5 Å². The molecule has 8 nitrogen and oxygen atoms in total. The number of nitrogens with one attached hydrogen (secondary N) is 2. The predicted octanol–water partition coefficient (Wildman–Crippen LogP) is 1.83. The first-order chi connectivity index (χ1) is 14.4. The van der Waals surface area contributed by atoms with Gasteiger partial charge in [-0.25, -0.2) is 0 Å². The second-order valence-electron chi connectivity index (χ2n) is 7.84. The summed E-state index contributed by atoms with van der Waals surface area (Å²) in [5, 5.41) is 5.31. The quantitative estimate of drug-likeness (QED) is 0.499. The number of carbonyl (C=O) groups excluding carboxylic acids is 5. The van der Waals surface area contributed by atoms with Crippen LogP contribution in [0.25, 0.3) is 0 Å². The molecule has 2 aliphatic rings. The summed E-state index contributed by atoms with van der Waals surface area (Å²) < 4.78 is 0. The van der Waals surface area contributed by atoms with Gasteiger partial charge in [0.15, 0.2) is 0 Å². The van der Waals surface area contributed by atoms with Crippen molar-refractivity contribution in [2.45, 2.75) is 57.9 Å². The molecule has 1 saturated carbocycles. The highest BCUT2D eigenvalue weighted by atomic mass is 16.2. The molecule has 0 spiro atoms. The average Bonchev–Trinajstić information content (AvgIpc) is 2.99. The molecule has 160 valence electrons. The van der Waals surface area contributed by atoms with Gasteiger partial charge in [0, 0.05) is 37.5 Å². The van der Waals surface area contributed by atoms with Crippen molar-refractivity contribution in [2.24, 2.45) is 0 Å². The van der Waals surface area contributed by atoms with E-state index in [0.717, 1.165) is 32.1 Å². The molecule has 1 heterocycles. The second-order valence-corrected chi connectivity index (χ2v) is 7.84. The van der Waals surface area contributed by atoms with Gasteiger partial charge in [0.1, 0.15) is 5.78 Å². The van der Waals surface area contributed by atoms with E-state index in [4.69, 9.17) is 0 Å². The average molecular weight is 413 g/mol. The number of amides is 4. The van der Waals surface area contributed by atoms with Crippen LogP contribution in [0.4, 0.5) is 0 Å². The van der Waals surface area contributed by atoms with E-state index in [9.17, 15) is 24.0 Å². The summed E-state index contributed by atoms with van der Waals surface area (Å²) in [5.74, 6) is -1.28. The standard InChI is InChI=1S/C22H27N3O5/c1-14(26)7-10-19(27)23-11-12-24-20(28)15-8-9-17-18(13-15)22(30)25(21(17)29)16-5-3-2-4-6-16/h8-9,13,16H,2-7,10-12H2,1H3,(H,23,27)(H,24,28). The highest BCUT2D eigenvalue weighted by Crippen LogP contribution is 2.31. The molecular weight excluding hydrogens is 386 g/mol. The number of imide groups is 1. The van der Waals surface area contributed by atoms with Crippen LogP contribution in [0, 0.1) is 0 Å². The lowest BCUT2D eigenvalue weighted by Crippen LogP contribution is -2.40. The highest BCUT2D eigenvalue weighted by Gasteiger charge is 2.40. The molecule has 1 aliphatic carbocycles. The van der Waals surface area contributed by atoms with Crippen molar-refractivity contribution in [3.63, 3.8) is 0 Å². The molecule has 0 radical (unpaired) electrons. The van der Waals surface area contributed by atoms with Crippen LogP contribution in [0.15, 0.2) is 18.2 Å². The van der Waals surface area contributed by atoms with Gasteiger partial charge in [-0.05, 0) is 38.0 Å². The number of benzene rings is 1. The molecule has 4 amide bonds. The monoisotopic (exact) mass is 413 g/mol. The normalized spacial score (nSPS) is 16.4. The van der Waals surface area contributed by atoms with Crippen LogP contribution in [-0.2, 0) is 9.59 Å². The van der Waals surface area contributed by atoms with Gasteiger partial charge in [-0.1, -0.05) is 19.3 Å². The highest BCUT2D eigenvalue weighted by molar-refractivity contribution is 6.22. The van der Waals surface area contributed by atoms with E-state index >= 15 is 0 Å². The third-order valence-corrected chi connectivity index (χ3v) is 5.56. The number of carbonyl (C=O) groups is 5. The first-order valence-corrected chi connectivity index (χ1v) is 10.4. The Morgan fingerprint density at radius 3 is 2.30 bits per heavy atom. The first-order valence-electron chi connectivity index (χ1n) is 10.4. The fraction of sp³-hybridized carbons (Fsp3) is 0.500. The fourth-order valence-corrected chi connectivity index (χ4v) is 3.93. The summed E-state index contributed by atoms with van der Waals surface area (Å²) in [6, 6.07) is 4.49. The molecule has 0 atom stereocenters. The van der Waals surface area contributed by atoms with Crippen LogP contribution in [0.3, 0.4) is 0 Å². The van der Waals surface area contributed by atoms with Crippen LogP contribution >= 0.6 is 0 Å². The van der Waals surface area contributed by atoms with Crippen LogP contribution in [-0.4, -0.2) is 53.4 Å². The van der Waals surface area contributed by atoms with Crippen LogP contribution in [0.1, 0.15) is 82.9 Å². The van der Waals surface area contributed by atoms with Crippen LogP contribution in [0.2, 0.25) is 0 Å². The van der Waals surface area contributed by atoms with Crippen LogP contribution in [0.5, 0.6) is 0 Å². The Bertz CT molecular complexity index is 874. The van der Waals surface area contributed by atoms with Crippen molar-refractivity contribution in [3.05, 3.63) is 34.9 Å². The van der Waals surface area contributed by atoms with E-state index in [1.165, 1.54) is 30.0 Å². The Morgan fingerprint density at radius 1 is 0.933 bits per heavy atom. The van der Waals surface area contributed by atoms with E-state index in [-0.39, 0.29) is 66.9 Å². The van der Waals surface area contributed by atoms with Crippen molar-refractivity contribution < 1.29 is 24.0 Å². The molecule has 1 aromatic carbocycles. The molecule has 0 saturated heterocycles.